The summed E-state index contributed by atoms with van der Waals surface area (Å²) in [6, 6.07) is 10.1. The number of H-pyrrole nitrogens is 1. The number of aromatic amines is 1. The Morgan fingerprint density at radius 2 is 1.83 bits per heavy atom. The number of nitrogens with zero attached hydrogens (tertiary/aromatic N) is 4. The molecule has 1 aromatic carbocycles. The molecule has 1 aliphatic heterocycles. The number of hydrogen-bond donors (Lipinski definition) is 2. The van der Waals surface area contributed by atoms with Crippen LogP contribution in [0, 0.1) is 6.92 Å². The molecule has 6 nitrogen and oxygen atoms in total. The van der Waals surface area contributed by atoms with E-state index in [1.165, 1.54) is 25.7 Å². The standard InChI is InChI=1S/C18H22N6/c1-13-12-16(23-22-13)20-17-14-8-4-5-9-15(14)19-18(21-17)24-10-6-2-3-7-11-24/h4-5,8-9,12H,2-3,6-7,10-11H2,1H3,(H2,19,20,21,22,23). The molecule has 0 radical (unpaired) electrons. The van der Waals surface area contributed by atoms with E-state index in [0.29, 0.717) is 0 Å². The molecule has 124 valence electrons. The number of aryl methyl sites for hydroxylation is 1. The summed E-state index contributed by atoms with van der Waals surface area (Å²) in [7, 11) is 0. The van der Waals surface area contributed by atoms with Gasteiger partial charge >= 0.3 is 0 Å². The van der Waals surface area contributed by atoms with Crippen molar-refractivity contribution in [2.75, 3.05) is 23.3 Å². The van der Waals surface area contributed by atoms with Gasteiger partial charge in [-0.05, 0) is 31.9 Å². The average molecular weight is 322 g/mol. The first-order valence-corrected chi connectivity index (χ1v) is 8.60. The van der Waals surface area contributed by atoms with Crippen LogP contribution in [0.2, 0.25) is 0 Å². The lowest BCUT2D eigenvalue weighted by atomic mass is 10.2. The summed E-state index contributed by atoms with van der Waals surface area (Å²) in [4.78, 5) is 11.9. The fourth-order valence-electron chi connectivity index (χ4n) is 3.18. The third-order valence-electron chi connectivity index (χ3n) is 4.43. The molecule has 1 aliphatic rings. The molecule has 3 aromatic rings. The Balaban J connectivity index is 1.75. The molecule has 0 saturated carbocycles. The van der Waals surface area contributed by atoms with Gasteiger partial charge in [-0.1, -0.05) is 25.0 Å². The van der Waals surface area contributed by atoms with Crippen molar-refractivity contribution in [3.63, 3.8) is 0 Å². The Kier molecular flexibility index (Phi) is 4.02. The van der Waals surface area contributed by atoms with Crippen LogP contribution in [0.3, 0.4) is 0 Å². The molecule has 1 saturated heterocycles. The first kappa shape index (κ1) is 14.9. The number of rotatable bonds is 3. The second kappa shape index (κ2) is 6.47. The zero-order chi connectivity index (χ0) is 16.4. The molecule has 6 heteroatoms. The highest BCUT2D eigenvalue weighted by Gasteiger charge is 2.16. The Hall–Kier alpha value is -2.63. The number of nitrogens with one attached hydrogen (secondary N) is 2. The van der Waals surface area contributed by atoms with Crippen molar-refractivity contribution in [2.45, 2.75) is 32.6 Å². The highest BCUT2D eigenvalue weighted by atomic mass is 15.3. The number of fused-ring (bicyclic) bond motifs is 1. The summed E-state index contributed by atoms with van der Waals surface area (Å²) in [6.45, 7) is 4.04. The normalized spacial score (nSPS) is 15.5. The minimum atomic E-state index is 0.776. The molecular formula is C18H22N6. The maximum absolute atomic E-state index is 4.82. The molecule has 24 heavy (non-hydrogen) atoms. The van der Waals surface area contributed by atoms with E-state index in [-0.39, 0.29) is 0 Å². The van der Waals surface area contributed by atoms with E-state index >= 15 is 0 Å². The second-order valence-corrected chi connectivity index (χ2v) is 6.35. The SMILES string of the molecule is Cc1cc(Nc2nc(N3CCCCCC3)nc3ccccc23)n[nH]1. The van der Waals surface area contributed by atoms with Crippen LogP contribution in [0.15, 0.2) is 30.3 Å². The molecule has 0 atom stereocenters. The Morgan fingerprint density at radius 3 is 2.58 bits per heavy atom. The van der Waals surface area contributed by atoms with Gasteiger partial charge in [-0.25, -0.2) is 4.98 Å². The lowest BCUT2D eigenvalue weighted by Crippen LogP contribution is -2.26. The molecule has 0 spiro atoms. The minimum absolute atomic E-state index is 0.776. The molecule has 0 aliphatic carbocycles. The third-order valence-corrected chi connectivity index (χ3v) is 4.43. The molecule has 0 amide bonds. The quantitative estimate of drug-likeness (QED) is 0.768. The number of hydrogen-bond acceptors (Lipinski definition) is 5. The van der Waals surface area contributed by atoms with E-state index in [1.807, 2.05) is 37.3 Å². The van der Waals surface area contributed by atoms with Crippen LogP contribution in [0.4, 0.5) is 17.6 Å². The number of anilines is 3. The summed E-state index contributed by atoms with van der Waals surface area (Å²) < 4.78 is 0. The van der Waals surface area contributed by atoms with Gasteiger partial charge in [0.25, 0.3) is 0 Å². The van der Waals surface area contributed by atoms with Crippen molar-refractivity contribution in [3.8, 4) is 0 Å². The molecule has 0 unspecified atom stereocenters. The maximum atomic E-state index is 4.82. The predicted molar refractivity (Wildman–Crippen MR) is 96.8 cm³/mol. The van der Waals surface area contributed by atoms with Gasteiger partial charge in [-0.3, -0.25) is 5.10 Å². The fourth-order valence-corrected chi connectivity index (χ4v) is 3.18. The van der Waals surface area contributed by atoms with Crippen LogP contribution in [-0.2, 0) is 0 Å². The lowest BCUT2D eigenvalue weighted by Gasteiger charge is -2.21. The summed E-state index contributed by atoms with van der Waals surface area (Å²) in [5.41, 5.74) is 1.98. The topological polar surface area (TPSA) is 69.7 Å². The van der Waals surface area contributed by atoms with E-state index in [2.05, 4.69) is 20.4 Å². The van der Waals surface area contributed by atoms with E-state index in [9.17, 15) is 0 Å². The van der Waals surface area contributed by atoms with Crippen LogP contribution in [-0.4, -0.2) is 33.3 Å². The third kappa shape index (κ3) is 3.04. The lowest BCUT2D eigenvalue weighted by molar-refractivity contribution is 0.726. The van der Waals surface area contributed by atoms with Gasteiger partial charge < -0.3 is 10.2 Å². The molecular weight excluding hydrogens is 300 g/mol. The van der Waals surface area contributed by atoms with Gasteiger partial charge in [0, 0.05) is 30.2 Å². The van der Waals surface area contributed by atoms with Crippen molar-refractivity contribution in [1.82, 2.24) is 20.2 Å². The molecule has 2 aromatic heterocycles. The maximum Gasteiger partial charge on any atom is 0.227 e. The monoisotopic (exact) mass is 322 g/mol. The highest BCUT2D eigenvalue weighted by Crippen LogP contribution is 2.27. The van der Waals surface area contributed by atoms with Gasteiger partial charge in [0.2, 0.25) is 5.95 Å². The Bertz CT molecular complexity index is 832. The van der Waals surface area contributed by atoms with Gasteiger partial charge in [-0.2, -0.15) is 10.1 Å². The average Bonchev–Trinajstić information content (AvgIpc) is 2.85. The number of para-hydroxylation sites is 1. The van der Waals surface area contributed by atoms with Crippen molar-refractivity contribution < 1.29 is 0 Å². The second-order valence-electron chi connectivity index (χ2n) is 6.35. The number of aromatic nitrogens is 4. The van der Waals surface area contributed by atoms with Crippen molar-refractivity contribution in [2.24, 2.45) is 0 Å². The number of benzene rings is 1. The van der Waals surface area contributed by atoms with Crippen LogP contribution in [0.5, 0.6) is 0 Å². The van der Waals surface area contributed by atoms with Crippen LogP contribution in [0.1, 0.15) is 31.4 Å². The van der Waals surface area contributed by atoms with Gasteiger partial charge in [-0.15, -0.1) is 0 Å². The van der Waals surface area contributed by atoms with Gasteiger partial charge in [0.1, 0.15) is 5.82 Å². The largest absolute Gasteiger partial charge is 0.341 e. The Morgan fingerprint density at radius 1 is 1.04 bits per heavy atom. The first-order chi connectivity index (χ1) is 11.8. The molecule has 4 rings (SSSR count). The van der Waals surface area contributed by atoms with Crippen molar-refractivity contribution >= 4 is 28.5 Å². The summed E-state index contributed by atoms with van der Waals surface area (Å²) in [6.07, 6.45) is 5.00. The predicted octanol–water partition coefficient (Wildman–Crippen LogP) is 3.79. The minimum Gasteiger partial charge on any atom is -0.341 e. The highest BCUT2D eigenvalue weighted by molar-refractivity contribution is 5.91. The fraction of sp³-hybridized carbons (Fsp3) is 0.389. The van der Waals surface area contributed by atoms with E-state index in [4.69, 9.17) is 9.97 Å². The molecule has 3 heterocycles. The van der Waals surface area contributed by atoms with Crippen LogP contribution in [0.25, 0.3) is 10.9 Å². The van der Waals surface area contributed by atoms with E-state index < -0.39 is 0 Å². The van der Waals surface area contributed by atoms with E-state index in [0.717, 1.165) is 47.3 Å². The zero-order valence-corrected chi connectivity index (χ0v) is 13.9. The zero-order valence-electron chi connectivity index (χ0n) is 13.9. The Labute approximate surface area is 141 Å². The van der Waals surface area contributed by atoms with Gasteiger partial charge in [0.15, 0.2) is 5.82 Å². The van der Waals surface area contributed by atoms with Crippen LogP contribution >= 0.6 is 0 Å². The smallest absolute Gasteiger partial charge is 0.227 e. The molecule has 1 fully saturated rings. The summed E-state index contributed by atoms with van der Waals surface area (Å²) in [5, 5.41) is 11.6. The van der Waals surface area contributed by atoms with Crippen molar-refractivity contribution in [1.29, 1.82) is 0 Å². The summed E-state index contributed by atoms with van der Waals surface area (Å²) in [5.74, 6) is 2.40. The van der Waals surface area contributed by atoms with Crippen LogP contribution < -0.4 is 10.2 Å². The van der Waals surface area contributed by atoms with E-state index in [1.54, 1.807) is 0 Å². The first-order valence-electron chi connectivity index (χ1n) is 8.60. The molecule has 0 bridgehead atoms. The summed E-state index contributed by atoms with van der Waals surface area (Å²) >= 11 is 0. The van der Waals surface area contributed by atoms with Crippen molar-refractivity contribution in [3.05, 3.63) is 36.0 Å². The van der Waals surface area contributed by atoms with Gasteiger partial charge in [0.05, 0.1) is 5.52 Å². The molecule has 2 N–H and O–H groups in total.